The number of hydrogen-bond acceptors (Lipinski definition) is 6. The molecule has 0 fully saturated rings. The molecular weight excluding hydrogens is 681 g/mol. The number of rotatable bonds is 5. The topological polar surface area (TPSA) is 64.7 Å². The van der Waals surface area contributed by atoms with Gasteiger partial charge in [0.25, 0.3) is 0 Å². The molecule has 11 rings (SSSR count). The average Bonchev–Trinajstić information content (AvgIpc) is 3.82. The second-order valence-corrected chi connectivity index (χ2v) is 14.5. The third kappa shape index (κ3) is 4.99. The van der Waals surface area contributed by atoms with E-state index in [2.05, 4.69) is 120 Å². The van der Waals surface area contributed by atoms with Gasteiger partial charge in [0.1, 0.15) is 11.2 Å². The highest BCUT2D eigenvalue weighted by atomic mass is 32.1. The Morgan fingerprint density at radius 2 is 1.11 bits per heavy atom. The molecule has 0 saturated heterocycles. The van der Waals surface area contributed by atoms with Crippen LogP contribution in [0.3, 0.4) is 0 Å². The molecule has 0 amide bonds. The first-order chi connectivity index (χ1) is 26.7. The minimum atomic E-state index is 0.601. The summed E-state index contributed by atoms with van der Waals surface area (Å²) in [6.45, 7) is 0. The van der Waals surface area contributed by atoms with E-state index >= 15 is 0 Å². The largest absolute Gasteiger partial charge is 0.456 e. The van der Waals surface area contributed by atoms with Crippen LogP contribution in [0.4, 0.5) is 0 Å². The quantitative estimate of drug-likeness (QED) is 0.178. The lowest BCUT2D eigenvalue weighted by Gasteiger charge is -2.10. The maximum atomic E-state index is 6.47. The zero-order chi connectivity index (χ0) is 35.6. The van der Waals surface area contributed by atoms with Crippen LogP contribution in [0.25, 0.3) is 109 Å². The van der Waals surface area contributed by atoms with Gasteiger partial charge < -0.3 is 4.42 Å². The minimum absolute atomic E-state index is 0.601. The van der Waals surface area contributed by atoms with Crippen molar-refractivity contribution in [1.29, 1.82) is 0 Å². The summed E-state index contributed by atoms with van der Waals surface area (Å²) in [6, 6.07) is 56.7. The molecule has 7 aromatic carbocycles. The number of fused-ring (bicyclic) bond motifs is 7. The van der Waals surface area contributed by atoms with Crippen LogP contribution >= 0.6 is 11.3 Å². The third-order valence-corrected chi connectivity index (χ3v) is 11.4. The number of benzene rings is 7. The molecule has 6 heteroatoms. The fourth-order valence-electron chi connectivity index (χ4n) is 7.63. The Balaban J connectivity index is 1.07. The first-order valence-electron chi connectivity index (χ1n) is 17.9. The van der Waals surface area contributed by atoms with E-state index in [1.54, 1.807) is 11.3 Å². The van der Waals surface area contributed by atoms with Crippen LogP contribution in [0.2, 0.25) is 0 Å². The maximum Gasteiger partial charge on any atom is 0.165 e. The molecule has 4 aromatic heterocycles. The lowest BCUT2D eigenvalue weighted by atomic mass is 9.97. The summed E-state index contributed by atoms with van der Waals surface area (Å²) in [5.74, 6) is 1.87. The van der Waals surface area contributed by atoms with Crippen LogP contribution in [-0.2, 0) is 0 Å². The van der Waals surface area contributed by atoms with E-state index < -0.39 is 0 Å². The van der Waals surface area contributed by atoms with Crippen molar-refractivity contribution in [1.82, 2.24) is 19.9 Å². The van der Waals surface area contributed by atoms with E-state index in [1.807, 2.05) is 54.7 Å². The van der Waals surface area contributed by atoms with E-state index in [4.69, 9.17) is 19.4 Å². The molecule has 0 aliphatic rings. The Kier molecular flexibility index (Phi) is 6.97. The predicted molar refractivity (Wildman–Crippen MR) is 222 cm³/mol. The zero-order valence-corrected chi connectivity index (χ0v) is 29.6. The number of para-hydroxylation sites is 1. The van der Waals surface area contributed by atoms with Gasteiger partial charge in [-0.05, 0) is 53.1 Å². The van der Waals surface area contributed by atoms with Crippen LogP contribution in [0, 0.1) is 0 Å². The molecule has 4 heterocycles. The first-order valence-corrected chi connectivity index (χ1v) is 18.7. The highest BCUT2D eigenvalue weighted by Gasteiger charge is 2.20. The molecule has 0 N–H and O–H groups in total. The maximum absolute atomic E-state index is 6.47. The molecule has 0 radical (unpaired) electrons. The Morgan fingerprint density at radius 1 is 0.426 bits per heavy atom. The van der Waals surface area contributed by atoms with Crippen molar-refractivity contribution < 1.29 is 4.42 Å². The Hall–Kier alpha value is -7.02. The van der Waals surface area contributed by atoms with Gasteiger partial charge in [-0.15, -0.1) is 11.3 Å². The molecule has 0 aliphatic carbocycles. The summed E-state index contributed by atoms with van der Waals surface area (Å²) in [7, 11) is 0. The SMILES string of the molecule is c1ccc(-c2nc(-c3cccc4c3sc3ccccc34)nc(-c3cccc4oc5ccc(-c6ccc(-c7cccc8cccnc78)cc6)cc5c34)n2)cc1. The summed E-state index contributed by atoms with van der Waals surface area (Å²) in [6.07, 6.45) is 1.85. The molecule has 54 heavy (non-hydrogen) atoms. The van der Waals surface area contributed by atoms with Gasteiger partial charge in [0.15, 0.2) is 17.5 Å². The minimum Gasteiger partial charge on any atom is -0.456 e. The molecule has 0 spiro atoms. The van der Waals surface area contributed by atoms with Crippen LogP contribution in [0.5, 0.6) is 0 Å². The lowest BCUT2D eigenvalue weighted by molar-refractivity contribution is 0.669. The van der Waals surface area contributed by atoms with Crippen molar-refractivity contribution in [2.75, 3.05) is 0 Å². The summed E-state index contributed by atoms with van der Waals surface area (Å²) in [4.78, 5) is 20.1. The molecule has 0 atom stereocenters. The van der Waals surface area contributed by atoms with E-state index in [1.165, 1.54) is 15.5 Å². The van der Waals surface area contributed by atoms with Crippen molar-refractivity contribution in [3.8, 4) is 56.4 Å². The lowest BCUT2D eigenvalue weighted by Crippen LogP contribution is -2.00. The van der Waals surface area contributed by atoms with Gasteiger partial charge in [-0.3, -0.25) is 4.98 Å². The smallest absolute Gasteiger partial charge is 0.165 e. The Bertz CT molecular complexity index is 3220. The number of aromatic nitrogens is 4. The molecule has 5 nitrogen and oxygen atoms in total. The summed E-state index contributed by atoms with van der Waals surface area (Å²) >= 11 is 1.77. The van der Waals surface area contributed by atoms with Crippen molar-refractivity contribution in [2.45, 2.75) is 0 Å². The zero-order valence-electron chi connectivity index (χ0n) is 28.8. The molecular formula is C48H28N4OS. The standard InChI is InChI=1S/C48H28N4OS/c1-2-10-32(11-3-1)46-50-47(52-48(51-46)38-18-7-16-36-35-14-4-5-20-42(35)54-45(36)38)37-17-8-19-41-43(37)39-28-33(25-26-40(39)53-41)29-21-23-30(24-22-29)34-15-6-12-31-13-9-27-49-44(31)34/h1-28H. The van der Waals surface area contributed by atoms with Crippen molar-refractivity contribution >= 4 is 64.4 Å². The number of nitrogens with zero attached hydrogens (tertiary/aromatic N) is 4. The van der Waals surface area contributed by atoms with E-state index in [0.29, 0.717) is 17.5 Å². The fourth-order valence-corrected chi connectivity index (χ4v) is 8.84. The first kappa shape index (κ1) is 30.6. The number of hydrogen-bond donors (Lipinski definition) is 0. The normalized spacial score (nSPS) is 11.7. The Labute approximate surface area is 313 Å². The highest BCUT2D eigenvalue weighted by Crippen LogP contribution is 2.42. The van der Waals surface area contributed by atoms with Crippen molar-refractivity contribution in [3.63, 3.8) is 0 Å². The monoisotopic (exact) mass is 708 g/mol. The van der Waals surface area contributed by atoms with E-state index in [-0.39, 0.29) is 0 Å². The van der Waals surface area contributed by atoms with Crippen molar-refractivity contribution in [2.24, 2.45) is 0 Å². The van der Waals surface area contributed by atoms with Gasteiger partial charge in [-0.1, -0.05) is 127 Å². The predicted octanol–water partition coefficient (Wildman–Crippen LogP) is 13.0. The summed E-state index contributed by atoms with van der Waals surface area (Å²) in [5.41, 5.74) is 9.88. The van der Waals surface area contributed by atoms with Gasteiger partial charge in [-0.25, -0.2) is 15.0 Å². The van der Waals surface area contributed by atoms with Crippen molar-refractivity contribution in [3.05, 3.63) is 170 Å². The molecule has 0 bridgehead atoms. The highest BCUT2D eigenvalue weighted by molar-refractivity contribution is 7.26. The van der Waals surface area contributed by atoms with E-state index in [9.17, 15) is 0 Å². The number of pyridine rings is 1. The Morgan fingerprint density at radius 3 is 2.02 bits per heavy atom. The van der Waals surface area contributed by atoms with Gasteiger partial charge in [0.2, 0.25) is 0 Å². The van der Waals surface area contributed by atoms with Crippen LogP contribution < -0.4 is 0 Å². The van der Waals surface area contributed by atoms with Crippen LogP contribution in [0.1, 0.15) is 0 Å². The van der Waals surface area contributed by atoms with Crippen LogP contribution in [0.15, 0.2) is 174 Å². The van der Waals surface area contributed by atoms with E-state index in [0.717, 1.165) is 76.5 Å². The molecule has 0 saturated carbocycles. The van der Waals surface area contributed by atoms with Gasteiger partial charge in [0, 0.05) is 64.8 Å². The second-order valence-electron chi connectivity index (χ2n) is 13.4. The van der Waals surface area contributed by atoms with Gasteiger partial charge >= 0.3 is 0 Å². The van der Waals surface area contributed by atoms with Gasteiger partial charge in [0.05, 0.1) is 5.52 Å². The fraction of sp³-hybridized carbons (Fsp3) is 0. The summed E-state index contributed by atoms with van der Waals surface area (Å²) < 4.78 is 8.87. The summed E-state index contributed by atoms with van der Waals surface area (Å²) in [5, 5.41) is 5.56. The molecule has 11 aromatic rings. The van der Waals surface area contributed by atoms with Crippen LogP contribution in [-0.4, -0.2) is 19.9 Å². The molecule has 0 aliphatic heterocycles. The third-order valence-electron chi connectivity index (χ3n) is 10.2. The molecule has 252 valence electrons. The number of furan rings is 1. The second kappa shape index (κ2) is 12.3. The number of thiophene rings is 1. The van der Waals surface area contributed by atoms with Gasteiger partial charge in [-0.2, -0.15) is 0 Å². The average molecular weight is 709 g/mol. The molecule has 0 unspecified atom stereocenters.